The van der Waals surface area contributed by atoms with Gasteiger partial charge in [-0.05, 0) is 77.5 Å². The first kappa shape index (κ1) is 35.1. The topological polar surface area (TPSA) is 173 Å². The fraction of sp³-hybridized carbons (Fsp3) is 0.606. The third kappa shape index (κ3) is 8.17. The molecule has 2 aromatic rings. The van der Waals surface area contributed by atoms with Gasteiger partial charge in [0.15, 0.2) is 0 Å². The highest BCUT2D eigenvalue weighted by Gasteiger charge is 2.62. The molecule has 1 aromatic carbocycles. The molecule has 3 fully saturated rings. The van der Waals surface area contributed by atoms with Crippen LogP contribution in [0.1, 0.15) is 78.6 Å². The molecule has 1 aromatic heterocycles. The first-order valence-corrected chi connectivity index (χ1v) is 19.1. The molecule has 2 saturated carbocycles. The van der Waals surface area contributed by atoms with Gasteiger partial charge in [0, 0.05) is 12.3 Å². The summed E-state index contributed by atoms with van der Waals surface area (Å²) >= 11 is 1.13. The van der Waals surface area contributed by atoms with Gasteiger partial charge in [-0.15, -0.1) is 0 Å². The Balaban J connectivity index is 1.28. The summed E-state index contributed by atoms with van der Waals surface area (Å²) < 4.78 is 53.6. The van der Waals surface area contributed by atoms with E-state index in [9.17, 15) is 32.0 Å². The zero-order valence-electron chi connectivity index (χ0n) is 27.7. The Morgan fingerprint density at radius 3 is 2.65 bits per heavy atom. The summed E-state index contributed by atoms with van der Waals surface area (Å²) in [7, 11) is -3.89. The normalized spacial score (nSPS) is 28.7. The van der Waals surface area contributed by atoms with Crippen LogP contribution in [0.5, 0.6) is 5.19 Å². The van der Waals surface area contributed by atoms with E-state index >= 15 is 0 Å². The van der Waals surface area contributed by atoms with Crippen LogP contribution >= 0.6 is 11.3 Å². The van der Waals surface area contributed by atoms with Crippen molar-refractivity contribution >= 4 is 55.4 Å². The van der Waals surface area contributed by atoms with E-state index in [-0.39, 0.29) is 24.6 Å². The van der Waals surface area contributed by atoms with Crippen molar-refractivity contribution in [3.63, 3.8) is 0 Å². The highest BCUT2D eigenvalue weighted by atomic mass is 32.2. The van der Waals surface area contributed by atoms with E-state index in [1.165, 1.54) is 23.1 Å². The van der Waals surface area contributed by atoms with Crippen LogP contribution in [0.4, 0.5) is 9.18 Å². The van der Waals surface area contributed by atoms with Crippen LogP contribution in [0, 0.1) is 11.7 Å². The van der Waals surface area contributed by atoms with Crippen molar-refractivity contribution in [2.45, 2.75) is 113 Å². The third-order valence-electron chi connectivity index (χ3n) is 9.13. The largest absolute Gasteiger partial charge is 0.465 e. The molecule has 4 amide bonds. The van der Waals surface area contributed by atoms with E-state index in [0.717, 1.165) is 24.2 Å². The van der Waals surface area contributed by atoms with Gasteiger partial charge in [0.2, 0.25) is 21.8 Å². The summed E-state index contributed by atoms with van der Waals surface area (Å²) in [5.74, 6) is -2.82. The minimum absolute atomic E-state index is 0.0274. The highest BCUT2D eigenvalue weighted by Crippen LogP contribution is 2.46. The Labute approximate surface area is 288 Å². The number of fused-ring (bicyclic) bond motifs is 3. The molecule has 5 atom stereocenters. The number of halogens is 1. The second-order valence-electron chi connectivity index (χ2n) is 14.3. The number of hydrogen-bond acceptors (Lipinski definition) is 10. The molecule has 3 N–H and O–H groups in total. The quantitative estimate of drug-likeness (QED) is 0.377. The lowest BCUT2D eigenvalue weighted by Crippen LogP contribution is -2.58. The molecular weight excluding hydrogens is 678 g/mol. The number of carbonyl (C=O) groups is 4. The number of nitrogens with zero attached hydrogens (tertiary/aromatic N) is 2. The fourth-order valence-corrected chi connectivity index (χ4v) is 8.64. The number of rotatable bonds is 6. The van der Waals surface area contributed by atoms with Gasteiger partial charge in [-0.3, -0.25) is 19.1 Å². The molecule has 0 bridgehead atoms. The van der Waals surface area contributed by atoms with E-state index in [4.69, 9.17) is 9.47 Å². The maximum absolute atomic E-state index is 14.3. The molecule has 2 aliphatic heterocycles. The smallest absolute Gasteiger partial charge is 0.408 e. The van der Waals surface area contributed by atoms with Crippen molar-refractivity contribution < 1.29 is 41.5 Å². The van der Waals surface area contributed by atoms with Gasteiger partial charge in [-0.25, -0.2) is 22.6 Å². The van der Waals surface area contributed by atoms with Gasteiger partial charge in [-0.2, -0.15) is 0 Å². The molecule has 3 heterocycles. The predicted octanol–water partition coefficient (Wildman–Crippen LogP) is 3.68. The van der Waals surface area contributed by atoms with Gasteiger partial charge in [0.25, 0.3) is 11.1 Å². The maximum atomic E-state index is 14.3. The van der Waals surface area contributed by atoms with Crippen LogP contribution in [0.2, 0.25) is 0 Å². The van der Waals surface area contributed by atoms with Crippen LogP contribution in [0.15, 0.2) is 30.4 Å². The van der Waals surface area contributed by atoms with E-state index in [1.54, 1.807) is 20.8 Å². The monoisotopic (exact) mass is 719 g/mol. The molecule has 0 radical (unpaired) electrons. The van der Waals surface area contributed by atoms with Crippen LogP contribution < -0.4 is 20.1 Å². The highest BCUT2D eigenvalue weighted by molar-refractivity contribution is 7.91. The Hall–Kier alpha value is -3.79. The zero-order valence-corrected chi connectivity index (χ0v) is 29.3. The van der Waals surface area contributed by atoms with Gasteiger partial charge in [-0.1, -0.05) is 36.3 Å². The Kier molecular flexibility index (Phi) is 9.65. The number of nitrogens with one attached hydrogen (secondary N) is 3. The molecule has 6 rings (SSSR count). The first-order chi connectivity index (χ1) is 23.1. The van der Waals surface area contributed by atoms with Gasteiger partial charge >= 0.3 is 6.09 Å². The van der Waals surface area contributed by atoms with Crippen molar-refractivity contribution in [3.05, 3.63) is 36.2 Å². The minimum Gasteiger partial charge on any atom is -0.465 e. The number of thiazole rings is 1. The molecular formula is C33H42FN5O8S2. The van der Waals surface area contributed by atoms with Crippen molar-refractivity contribution in [2.75, 3.05) is 6.54 Å². The number of amides is 4. The lowest BCUT2D eigenvalue weighted by Gasteiger charge is -2.30. The van der Waals surface area contributed by atoms with E-state index in [2.05, 4.69) is 20.3 Å². The average molecular weight is 720 g/mol. The lowest BCUT2D eigenvalue weighted by atomic mass is 10.0. The molecule has 266 valence electrons. The average Bonchev–Trinajstić information content (AvgIpc) is 3.90. The lowest BCUT2D eigenvalue weighted by molar-refractivity contribution is -0.141. The summed E-state index contributed by atoms with van der Waals surface area (Å²) in [5, 5.41) is 5.13. The SMILES string of the molecule is CC(C)(C)OC(=O)N[C@H]1CCCCC/C=C\[C@H]2C[C@@]2(C(=O)NS(=O)(=O)C2CC2)NC(=O)[C@@H]2C[C@@H](Oc3nc4ccc(F)cc4s3)CN2C1=O. The van der Waals surface area contributed by atoms with Crippen LogP contribution in [-0.2, 0) is 29.1 Å². The number of carbonyl (C=O) groups excluding carboxylic acids is 4. The van der Waals surface area contributed by atoms with Gasteiger partial charge in [0.05, 0.1) is 22.0 Å². The number of allylic oxidation sites excluding steroid dienone is 1. The summed E-state index contributed by atoms with van der Waals surface area (Å²) in [6.07, 6.45) is 6.60. The molecule has 1 saturated heterocycles. The van der Waals surface area contributed by atoms with Crippen LogP contribution in [0.3, 0.4) is 0 Å². The summed E-state index contributed by atoms with van der Waals surface area (Å²) in [6, 6.07) is 2.04. The number of hydrogen-bond donors (Lipinski definition) is 3. The van der Waals surface area contributed by atoms with Gasteiger partial charge < -0.3 is 25.0 Å². The van der Waals surface area contributed by atoms with Crippen LogP contribution in [0.25, 0.3) is 10.2 Å². The second kappa shape index (κ2) is 13.5. The Morgan fingerprint density at radius 2 is 1.92 bits per heavy atom. The molecule has 2 aliphatic carbocycles. The van der Waals surface area contributed by atoms with Crippen molar-refractivity contribution in [3.8, 4) is 5.19 Å². The molecule has 0 spiro atoms. The van der Waals surface area contributed by atoms with Gasteiger partial charge in [0.1, 0.15) is 35.1 Å². The van der Waals surface area contributed by atoms with E-state index in [1.807, 2.05) is 12.2 Å². The zero-order chi connectivity index (χ0) is 35.1. The molecule has 13 nitrogen and oxygen atoms in total. The summed E-state index contributed by atoms with van der Waals surface area (Å²) in [5.41, 5.74) is -1.78. The minimum atomic E-state index is -3.89. The fourth-order valence-electron chi connectivity index (χ4n) is 6.37. The van der Waals surface area contributed by atoms with E-state index in [0.29, 0.717) is 42.3 Å². The van der Waals surface area contributed by atoms with Crippen LogP contribution in [-0.4, -0.2) is 83.2 Å². The number of sulfonamides is 1. The summed E-state index contributed by atoms with van der Waals surface area (Å²) in [6.45, 7) is 5.10. The summed E-state index contributed by atoms with van der Waals surface area (Å²) in [4.78, 5) is 60.6. The maximum Gasteiger partial charge on any atom is 0.408 e. The standard InChI is InChI=1S/C33H42FN5O8S2/c1-32(2,3)47-30(43)35-24-10-8-6-4-5-7-9-19-17-33(19,29(42)38-49(44,45)22-12-13-22)37-27(40)25-16-21(18-39(25)28(24)41)46-31-36-23-14-11-20(34)15-26(23)48-31/h7,9,11,14-15,19,21-22,24-25H,4-6,8,10,12-13,16-18H2,1-3H3,(H,35,43)(H,37,40)(H,38,42)/b9-7-/t19-,21+,24-,25-,33+/m0/s1. The Morgan fingerprint density at radius 1 is 1.14 bits per heavy atom. The van der Waals surface area contributed by atoms with E-state index < -0.39 is 80.2 Å². The number of aromatic nitrogens is 1. The number of ether oxygens (including phenoxy) is 2. The van der Waals surface area contributed by atoms with Crippen molar-refractivity contribution in [1.82, 2.24) is 25.2 Å². The number of alkyl carbamates (subject to hydrolysis) is 1. The predicted molar refractivity (Wildman–Crippen MR) is 179 cm³/mol. The number of benzene rings is 1. The third-order valence-corrected chi connectivity index (χ3v) is 11.9. The van der Waals surface area contributed by atoms with Crippen molar-refractivity contribution in [2.24, 2.45) is 5.92 Å². The van der Waals surface area contributed by atoms with Crippen molar-refractivity contribution in [1.29, 1.82) is 0 Å². The molecule has 16 heteroatoms. The second-order valence-corrected chi connectivity index (χ2v) is 17.2. The molecule has 4 aliphatic rings. The molecule has 0 unspecified atom stereocenters. The first-order valence-electron chi connectivity index (χ1n) is 16.7. The molecule has 49 heavy (non-hydrogen) atoms. The Bertz CT molecular complexity index is 1770.